The zero-order valence-corrected chi connectivity index (χ0v) is 10.5. The smallest absolute Gasteiger partial charge is 0.165 e. The molecule has 4 heteroatoms. The monoisotopic (exact) mass is 258 g/mol. The van der Waals surface area contributed by atoms with E-state index < -0.39 is 0 Å². The first kappa shape index (κ1) is 12.7. The van der Waals surface area contributed by atoms with E-state index in [0.717, 1.165) is 31.4 Å². The molecule has 2 rings (SSSR count). The SMILES string of the molecule is COc1ccc(C(Cl)CC2CCCO2)cc1F. The molecule has 1 aromatic rings. The highest BCUT2D eigenvalue weighted by atomic mass is 35.5. The Morgan fingerprint density at radius 1 is 1.59 bits per heavy atom. The van der Waals surface area contributed by atoms with Crippen LogP contribution in [0.1, 0.15) is 30.2 Å². The maximum Gasteiger partial charge on any atom is 0.165 e. The number of methoxy groups -OCH3 is 1. The van der Waals surface area contributed by atoms with Gasteiger partial charge in [0, 0.05) is 6.61 Å². The van der Waals surface area contributed by atoms with Crippen LogP contribution in [0.3, 0.4) is 0 Å². The summed E-state index contributed by atoms with van der Waals surface area (Å²) in [7, 11) is 1.45. The maximum absolute atomic E-state index is 13.5. The van der Waals surface area contributed by atoms with Crippen LogP contribution in [0.5, 0.6) is 5.75 Å². The molecule has 2 nitrogen and oxygen atoms in total. The van der Waals surface area contributed by atoms with Gasteiger partial charge in [-0.1, -0.05) is 6.07 Å². The standard InChI is InChI=1S/C13H16ClFO2/c1-16-13-5-4-9(7-12(13)15)11(14)8-10-3-2-6-17-10/h4-5,7,10-11H,2-3,6,8H2,1H3. The van der Waals surface area contributed by atoms with Crippen molar-refractivity contribution in [3.8, 4) is 5.75 Å². The Hall–Kier alpha value is -0.800. The third-order valence-corrected chi connectivity index (χ3v) is 3.46. The summed E-state index contributed by atoms with van der Waals surface area (Å²) in [6.45, 7) is 0.811. The number of hydrogen-bond acceptors (Lipinski definition) is 2. The van der Waals surface area contributed by atoms with Gasteiger partial charge in [-0.3, -0.25) is 0 Å². The quantitative estimate of drug-likeness (QED) is 0.767. The molecule has 0 aliphatic carbocycles. The minimum atomic E-state index is -0.372. The molecular formula is C13H16ClFO2. The lowest BCUT2D eigenvalue weighted by Gasteiger charge is -2.15. The lowest BCUT2D eigenvalue weighted by Crippen LogP contribution is -2.08. The highest BCUT2D eigenvalue weighted by Gasteiger charge is 2.21. The summed E-state index contributed by atoms with van der Waals surface area (Å²) in [5, 5.41) is -0.210. The summed E-state index contributed by atoms with van der Waals surface area (Å²) in [5.74, 6) is -0.127. The van der Waals surface area contributed by atoms with Gasteiger partial charge in [0.2, 0.25) is 0 Å². The van der Waals surface area contributed by atoms with E-state index in [1.165, 1.54) is 13.2 Å². The molecule has 1 aliphatic heterocycles. The van der Waals surface area contributed by atoms with Crippen LogP contribution in [0, 0.1) is 5.82 Å². The molecule has 1 heterocycles. The van der Waals surface area contributed by atoms with E-state index in [0.29, 0.717) is 0 Å². The highest BCUT2D eigenvalue weighted by Crippen LogP contribution is 2.32. The molecule has 0 amide bonds. The molecular weight excluding hydrogens is 243 g/mol. The molecule has 0 radical (unpaired) electrons. The fraction of sp³-hybridized carbons (Fsp3) is 0.538. The van der Waals surface area contributed by atoms with Crippen molar-refractivity contribution in [2.24, 2.45) is 0 Å². The summed E-state index contributed by atoms with van der Waals surface area (Å²) in [6, 6.07) is 4.84. The number of halogens is 2. The minimum absolute atomic E-state index is 0.210. The van der Waals surface area contributed by atoms with Gasteiger partial charge in [0.05, 0.1) is 18.6 Å². The van der Waals surface area contributed by atoms with Gasteiger partial charge in [-0.15, -0.1) is 11.6 Å². The van der Waals surface area contributed by atoms with Gasteiger partial charge in [0.1, 0.15) is 0 Å². The average molecular weight is 259 g/mol. The third-order valence-electron chi connectivity index (χ3n) is 3.03. The lowest BCUT2D eigenvalue weighted by molar-refractivity contribution is 0.103. The van der Waals surface area contributed by atoms with Crippen molar-refractivity contribution in [2.75, 3.05) is 13.7 Å². The van der Waals surface area contributed by atoms with Crippen LogP contribution < -0.4 is 4.74 Å². The highest BCUT2D eigenvalue weighted by molar-refractivity contribution is 6.20. The van der Waals surface area contributed by atoms with Gasteiger partial charge in [-0.2, -0.15) is 0 Å². The second-order valence-electron chi connectivity index (χ2n) is 4.23. The summed E-state index contributed by atoms with van der Waals surface area (Å²) in [6.07, 6.45) is 3.07. The normalized spacial score (nSPS) is 21.5. The van der Waals surface area contributed by atoms with Crippen LogP contribution in [0.15, 0.2) is 18.2 Å². The predicted octanol–water partition coefficient (Wildman–Crippen LogP) is 3.68. The molecule has 1 fully saturated rings. The third kappa shape index (κ3) is 3.11. The Morgan fingerprint density at radius 2 is 2.41 bits per heavy atom. The zero-order chi connectivity index (χ0) is 12.3. The number of rotatable bonds is 4. The lowest BCUT2D eigenvalue weighted by atomic mass is 10.0. The fourth-order valence-corrected chi connectivity index (χ4v) is 2.41. The summed E-state index contributed by atoms with van der Waals surface area (Å²) >= 11 is 6.27. The molecule has 2 unspecified atom stereocenters. The van der Waals surface area contributed by atoms with E-state index >= 15 is 0 Å². The molecule has 94 valence electrons. The first-order valence-corrected chi connectivity index (χ1v) is 6.23. The van der Waals surface area contributed by atoms with E-state index in [1.54, 1.807) is 12.1 Å². The van der Waals surface area contributed by atoms with Gasteiger partial charge in [-0.25, -0.2) is 4.39 Å². The summed E-state index contributed by atoms with van der Waals surface area (Å²) in [4.78, 5) is 0. The van der Waals surface area contributed by atoms with Gasteiger partial charge in [-0.05, 0) is 37.0 Å². The first-order chi connectivity index (χ1) is 8.20. The van der Waals surface area contributed by atoms with Crippen LogP contribution >= 0.6 is 11.6 Å². The van der Waals surface area contributed by atoms with Crippen molar-refractivity contribution in [3.63, 3.8) is 0 Å². The van der Waals surface area contributed by atoms with Gasteiger partial charge >= 0.3 is 0 Å². The van der Waals surface area contributed by atoms with Crippen LogP contribution in [0.4, 0.5) is 4.39 Å². The average Bonchev–Trinajstić information content (AvgIpc) is 2.81. The van der Waals surface area contributed by atoms with E-state index in [2.05, 4.69) is 0 Å². The summed E-state index contributed by atoms with van der Waals surface area (Å²) < 4.78 is 23.9. The molecule has 0 N–H and O–H groups in total. The van der Waals surface area contributed by atoms with Gasteiger partial charge in [0.15, 0.2) is 11.6 Å². The maximum atomic E-state index is 13.5. The first-order valence-electron chi connectivity index (χ1n) is 5.80. The van der Waals surface area contributed by atoms with Crippen molar-refractivity contribution in [3.05, 3.63) is 29.6 Å². The Kier molecular flexibility index (Phi) is 4.24. The van der Waals surface area contributed by atoms with E-state index in [4.69, 9.17) is 21.1 Å². The molecule has 1 aliphatic rings. The number of ether oxygens (including phenoxy) is 2. The van der Waals surface area contributed by atoms with E-state index in [9.17, 15) is 4.39 Å². The molecule has 2 atom stereocenters. The molecule has 1 aromatic carbocycles. The van der Waals surface area contributed by atoms with E-state index in [-0.39, 0.29) is 23.0 Å². The largest absolute Gasteiger partial charge is 0.494 e. The molecule has 0 aromatic heterocycles. The van der Waals surface area contributed by atoms with Gasteiger partial charge < -0.3 is 9.47 Å². The Labute approximate surface area is 106 Å². The molecule has 0 saturated carbocycles. The zero-order valence-electron chi connectivity index (χ0n) is 9.79. The van der Waals surface area contributed by atoms with Gasteiger partial charge in [0.25, 0.3) is 0 Å². The van der Waals surface area contributed by atoms with Crippen molar-refractivity contribution in [1.82, 2.24) is 0 Å². The summed E-state index contributed by atoms with van der Waals surface area (Å²) in [5.41, 5.74) is 0.778. The Morgan fingerprint density at radius 3 is 3.00 bits per heavy atom. The van der Waals surface area contributed by atoms with Crippen LogP contribution in [0.2, 0.25) is 0 Å². The molecule has 0 bridgehead atoms. The van der Waals surface area contributed by atoms with Crippen LogP contribution in [-0.4, -0.2) is 19.8 Å². The van der Waals surface area contributed by atoms with Crippen molar-refractivity contribution < 1.29 is 13.9 Å². The number of benzene rings is 1. The Bertz CT molecular complexity index is 378. The van der Waals surface area contributed by atoms with Crippen molar-refractivity contribution in [2.45, 2.75) is 30.7 Å². The number of hydrogen-bond donors (Lipinski definition) is 0. The van der Waals surface area contributed by atoms with Crippen LogP contribution in [0.25, 0.3) is 0 Å². The van der Waals surface area contributed by atoms with Crippen LogP contribution in [-0.2, 0) is 4.74 Å². The number of alkyl halides is 1. The topological polar surface area (TPSA) is 18.5 Å². The molecule has 0 spiro atoms. The predicted molar refractivity (Wildman–Crippen MR) is 65.1 cm³/mol. The second kappa shape index (κ2) is 5.69. The molecule has 17 heavy (non-hydrogen) atoms. The Balaban J connectivity index is 2.02. The van der Waals surface area contributed by atoms with E-state index in [1.807, 2.05) is 0 Å². The fourth-order valence-electron chi connectivity index (χ4n) is 2.07. The minimum Gasteiger partial charge on any atom is -0.494 e. The molecule has 1 saturated heterocycles. The van der Waals surface area contributed by atoms with Crippen molar-refractivity contribution >= 4 is 11.6 Å². The second-order valence-corrected chi connectivity index (χ2v) is 4.76. The van der Waals surface area contributed by atoms with Crippen molar-refractivity contribution in [1.29, 1.82) is 0 Å².